The first-order valence-electron chi connectivity index (χ1n) is 7.33. The molecule has 1 rings (SSSR count). The Labute approximate surface area is 122 Å². The van der Waals surface area contributed by atoms with Crippen LogP contribution in [-0.4, -0.2) is 36.8 Å². The molecule has 0 unspecified atom stereocenters. The van der Waals surface area contributed by atoms with Crippen molar-refractivity contribution in [2.24, 2.45) is 0 Å². The number of nitrogens with one attached hydrogen (secondary N) is 2. The fourth-order valence-electron chi connectivity index (χ4n) is 1.73. The van der Waals surface area contributed by atoms with Crippen LogP contribution in [0.4, 0.5) is 11.6 Å². The molecule has 1 aromatic heterocycles. The van der Waals surface area contributed by atoms with Crippen molar-refractivity contribution in [1.29, 1.82) is 0 Å². The number of rotatable bonds is 8. The molecule has 0 atom stereocenters. The fourth-order valence-corrected chi connectivity index (χ4v) is 1.73. The Bertz CT molecular complexity index is 401. The summed E-state index contributed by atoms with van der Waals surface area (Å²) in [6.45, 7) is 11.0. The lowest BCUT2D eigenvalue weighted by atomic mass is 9.96. The predicted molar refractivity (Wildman–Crippen MR) is 84.5 cm³/mol. The summed E-state index contributed by atoms with van der Waals surface area (Å²) in [5, 5.41) is 6.63. The van der Waals surface area contributed by atoms with Crippen LogP contribution in [0.2, 0.25) is 0 Å². The minimum absolute atomic E-state index is 0.0576. The van der Waals surface area contributed by atoms with Crippen molar-refractivity contribution in [3.8, 4) is 0 Å². The van der Waals surface area contributed by atoms with Gasteiger partial charge in [0.25, 0.3) is 0 Å². The molecule has 0 saturated carbocycles. The molecular weight excluding hydrogens is 252 g/mol. The average molecular weight is 280 g/mol. The molecule has 114 valence electrons. The highest BCUT2D eigenvalue weighted by atomic mass is 16.5. The van der Waals surface area contributed by atoms with Gasteiger partial charge in [-0.25, -0.2) is 9.97 Å². The van der Waals surface area contributed by atoms with Crippen LogP contribution in [0.25, 0.3) is 0 Å². The number of nitrogens with zero attached hydrogens (tertiary/aromatic N) is 2. The smallest absolute Gasteiger partial charge is 0.138 e. The van der Waals surface area contributed by atoms with Crippen molar-refractivity contribution in [2.75, 3.05) is 37.4 Å². The van der Waals surface area contributed by atoms with Crippen molar-refractivity contribution in [3.05, 3.63) is 11.9 Å². The largest absolute Gasteiger partial charge is 0.385 e. The number of anilines is 2. The summed E-state index contributed by atoms with van der Waals surface area (Å²) in [4.78, 5) is 9.18. The molecule has 1 aromatic rings. The van der Waals surface area contributed by atoms with Crippen LogP contribution < -0.4 is 10.6 Å². The van der Waals surface area contributed by atoms with Crippen LogP contribution in [0.1, 0.15) is 46.4 Å². The highest BCUT2D eigenvalue weighted by molar-refractivity contribution is 5.48. The summed E-state index contributed by atoms with van der Waals surface area (Å²) < 4.78 is 5.05. The first-order chi connectivity index (χ1) is 9.47. The molecular formula is C15H28N4O. The molecule has 0 fully saturated rings. The molecule has 0 aliphatic carbocycles. The number of hydrogen-bond acceptors (Lipinski definition) is 5. The maximum atomic E-state index is 5.05. The van der Waals surface area contributed by atoms with Crippen LogP contribution in [0.5, 0.6) is 0 Å². The minimum atomic E-state index is -0.0576. The summed E-state index contributed by atoms with van der Waals surface area (Å²) in [5.41, 5.74) is -0.0576. The molecule has 20 heavy (non-hydrogen) atoms. The second-order valence-electron chi connectivity index (χ2n) is 5.87. The number of methoxy groups -OCH3 is 1. The van der Waals surface area contributed by atoms with Crippen LogP contribution in [-0.2, 0) is 10.2 Å². The second-order valence-corrected chi connectivity index (χ2v) is 5.87. The zero-order valence-corrected chi connectivity index (χ0v) is 13.4. The Kier molecular flexibility index (Phi) is 6.71. The maximum absolute atomic E-state index is 5.05. The Morgan fingerprint density at radius 1 is 1.10 bits per heavy atom. The van der Waals surface area contributed by atoms with Crippen molar-refractivity contribution in [3.63, 3.8) is 0 Å². The maximum Gasteiger partial charge on any atom is 0.138 e. The quantitative estimate of drug-likeness (QED) is 0.717. The first kappa shape index (κ1) is 16.7. The van der Waals surface area contributed by atoms with E-state index in [0.29, 0.717) is 0 Å². The zero-order valence-electron chi connectivity index (χ0n) is 13.4. The summed E-state index contributed by atoms with van der Waals surface area (Å²) in [6.07, 6.45) is 2.13. The van der Waals surface area contributed by atoms with E-state index in [1.807, 2.05) is 6.07 Å². The van der Waals surface area contributed by atoms with Crippen LogP contribution >= 0.6 is 0 Å². The molecule has 0 bridgehead atoms. The minimum Gasteiger partial charge on any atom is -0.385 e. The van der Waals surface area contributed by atoms with E-state index in [1.165, 1.54) is 0 Å². The normalized spacial score (nSPS) is 11.4. The molecule has 0 spiro atoms. The molecule has 0 radical (unpaired) electrons. The third kappa shape index (κ3) is 5.74. The SMILES string of the molecule is CCNc1cc(NCCCCOC)nc(C(C)(C)C)n1. The molecule has 0 amide bonds. The summed E-state index contributed by atoms with van der Waals surface area (Å²) in [6, 6.07) is 1.97. The van der Waals surface area contributed by atoms with Gasteiger partial charge in [0.15, 0.2) is 0 Å². The van der Waals surface area contributed by atoms with E-state index in [1.54, 1.807) is 7.11 Å². The molecule has 0 aliphatic heterocycles. The Morgan fingerprint density at radius 2 is 1.75 bits per heavy atom. The van der Waals surface area contributed by atoms with E-state index in [2.05, 4.69) is 48.3 Å². The topological polar surface area (TPSA) is 59.1 Å². The van der Waals surface area contributed by atoms with Crippen molar-refractivity contribution in [1.82, 2.24) is 9.97 Å². The molecule has 0 aromatic carbocycles. The molecule has 1 heterocycles. The van der Waals surface area contributed by atoms with Crippen molar-refractivity contribution >= 4 is 11.6 Å². The number of aromatic nitrogens is 2. The molecule has 5 heteroatoms. The van der Waals surface area contributed by atoms with Crippen LogP contribution in [0, 0.1) is 0 Å². The van der Waals surface area contributed by atoms with Gasteiger partial charge in [0.2, 0.25) is 0 Å². The van der Waals surface area contributed by atoms with E-state index in [-0.39, 0.29) is 5.41 Å². The Hall–Kier alpha value is -1.36. The van der Waals surface area contributed by atoms with Gasteiger partial charge < -0.3 is 15.4 Å². The van der Waals surface area contributed by atoms with E-state index < -0.39 is 0 Å². The van der Waals surface area contributed by atoms with E-state index in [0.717, 1.165) is 50.0 Å². The lowest BCUT2D eigenvalue weighted by Crippen LogP contribution is -2.19. The van der Waals surface area contributed by atoms with E-state index in [4.69, 9.17) is 4.74 Å². The zero-order chi connectivity index (χ0) is 15.0. The van der Waals surface area contributed by atoms with Crippen molar-refractivity contribution < 1.29 is 4.74 Å². The van der Waals surface area contributed by atoms with Gasteiger partial charge in [-0.3, -0.25) is 0 Å². The highest BCUT2D eigenvalue weighted by Crippen LogP contribution is 2.22. The average Bonchev–Trinajstić information content (AvgIpc) is 2.38. The predicted octanol–water partition coefficient (Wildman–Crippen LogP) is 3.04. The highest BCUT2D eigenvalue weighted by Gasteiger charge is 2.18. The third-order valence-corrected chi connectivity index (χ3v) is 2.84. The third-order valence-electron chi connectivity index (χ3n) is 2.84. The van der Waals surface area contributed by atoms with Crippen LogP contribution in [0.15, 0.2) is 6.07 Å². The monoisotopic (exact) mass is 280 g/mol. The van der Waals surface area contributed by atoms with Gasteiger partial charge >= 0.3 is 0 Å². The summed E-state index contributed by atoms with van der Waals surface area (Å²) in [7, 11) is 1.73. The van der Waals surface area contributed by atoms with Crippen molar-refractivity contribution in [2.45, 2.75) is 46.0 Å². The van der Waals surface area contributed by atoms with Gasteiger partial charge in [0.05, 0.1) is 0 Å². The van der Waals surface area contributed by atoms with E-state index >= 15 is 0 Å². The van der Waals surface area contributed by atoms with Gasteiger partial charge in [0, 0.05) is 38.3 Å². The number of hydrogen-bond donors (Lipinski definition) is 2. The molecule has 2 N–H and O–H groups in total. The Morgan fingerprint density at radius 3 is 2.30 bits per heavy atom. The van der Waals surface area contributed by atoms with Crippen LogP contribution in [0.3, 0.4) is 0 Å². The lowest BCUT2D eigenvalue weighted by Gasteiger charge is -2.19. The lowest BCUT2D eigenvalue weighted by molar-refractivity contribution is 0.194. The molecule has 5 nitrogen and oxygen atoms in total. The van der Waals surface area contributed by atoms with Gasteiger partial charge in [-0.05, 0) is 19.8 Å². The Balaban J connectivity index is 2.71. The standard InChI is InChI=1S/C15H28N4O/c1-6-16-12-11-13(17-9-7-8-10-20-5)19-14(18-12)15(2,3)4/h11H,6-10H2,1-5H3,(H2,16,17,18,19). The number of unbranched alkanes of at least 4 members (excludes halogenated alkanes) is 1. The first-order valence-corrected chi connectivity index (χ1v) is 7.33. The van der Waals surface area contributed by atoms with Gasteiger partial charge in [-0.1, -0.05) is 20.8 Å². The van der Waals surface area contributed by atoms with Gasteiger partial charge in [-0.2, -0.15) is 0 Å². The molecule has 0 saturated heterocycles. The van der Waals surface area contributed by atoms with E-state index in [9.17, 15) is 0 Å². The van der Waals surface area contributed by atoms with Gasteiger partial charge in [0.1, 0.15) is 17.5 Å². The molecule has 0 aliphatic rings. The number of ether oxygens (including phenoxy) is 1. The summed E-state index contributed by atoms with van der Waals surface area (Å²) in [5.74, 6) is 2.63. The summed E-state index contributed by atoms with van der Waals surface area (Å²) >= 11 is 0. The van der Waals surface area contributed by atoms with Gasteiger partial charge in [-0.15, -0.1) is 0 Å². The second kappa shape index (κ2) is 8.04. The fraction of sp³-hybridized carbons (Fsp3) is 0.733.